The van der Waals surface area contributed by atoms with E-state index in [4.69, 9.17) is 0 Å². The van der Waals surface area contributed by atoms with Crippen molar-refractivity contribution in [1.29, 1.82) is 0 Å². The molecule has 140 valence electrons. The lowest BCUT2D eigenvalue weighted by molar-refractivity contribution is 0.602. The molecule has 0 bridgehead atoms. The van der Waals surface area contributed by atoms with E-state index in [1.807, 2.05) is 17.7 Å². The highest BCUT2D eigenvalue weighted by Crippen LogP contribution is 2.33. The van der Waals surface area contributed by atoms with E-state index in [1.165, 1.54) is 6.26 Å². The van der Waals surface area contributed by atoms with Gasteiger partial charge in [-0.2, -0.15) is 10.1 Å². The van der Waals surface area contributed by atoms with Crippen LogP contribution in [0.2, 0.25) is 0 Å². The van der Waals surface area contributed by atoms with Crippen molar-refractivity contribution in [2.45, 2.75) is 25.3 Å². The summed E-state index contributed by atoms with van der Waals surface area (Å²) in [7, 11) is -3.27. The van der Waals surface area contributed by atoms with Crippen molar-refractivity contribution in [2.75, 3.05) is 23.0 Å². The van der Waals surface area contributed by atoms with Gasteiger partial charge in [0, 0.05) is 30.2 Å². The van der Waals surface area contributed by atoms with Gasteiger partial charge >= 0.3 is 0 Å². The second kappa shape index (κ2) is 6.34. The maximum atomic E-state index is 11.7. The summed E-state index contributed by atoms with van der Waals surface area (Å²) in [4.78, 5) is 11.2. The zero-order valence-electron chi connectivity index (χ0n) is 15.3. The number of aryl methyl sites for hydroxylation is 1. The van der Waals surface area contributed by atoms with Gasteiger partial charge in [-0.25, -0.2) is 18.1 Å². The van der Waals surface area contributed by atoms with Gasteiger partial charge in [0.2, 0.25) is 5.95 Å². The smallest absolute Gasteiger partial charge is 0.229 e. The molecule has 0 saturated carbocycles. The molecular formula is C18H20N6O2S. The number of hydrogen-bond acceptors (Lipinski definition) is 7. The molecule has 3 heterocycles. The van der Waals surface area contributed by atoms with Gasteiger partial charge in [-0.15, -0.1) is 0 Å². The maximum Gasteiger partial charge on any atom is 0.229 e. The predicted octanol–water partition coefficient (Wildman–Crippen LogP) is 2.59. The molecule has 0 saturated heterocycles. The Labute approximate surface area is 157 Å². The van der Waals surface area contributed by atoms with Crippen molar-refractivity contribution in [3.63, 3.8) is 0 Å². The minimum atomic E-state index is -3.27. The zero-order chi connectivity index (χ0) is 19.2. The Kier molecular flexibility index (Phi) is 4.11. The number of rotatable bonds is 4. The van der Waals surface area contributed by atoms with E-state index in [2.05, 4.69) is 32.2 Å². The number of aromatic nitrogens is 4. The van der Waals surface area contributed by atoms with Crippen LogP contribution >= 0.6 is 0 Å². The molecular weight excluding hydrogens is 364 g/mol. The summed E-state index contributed by atoms with van der Waals surface area (Å²) in [5.41, 5.74) is 2.77. The highest BCUT2D eigenvalue weighted by Gasteiger charge is 2.26. The quantitative estimate of drug-likeness (QED) is 0.739. The molecule has 0 unspecified atom stereocenters. The van der Waals surface area contributed by atoms with Crippen LogP contribution in [-0.2, 0) is 16.4 Å². The van der Waals surface area contributed by atoms with Gasteiger partial charge in [-0.1, -0.05) is 6.07 Å². The Morgan fingerprint density at radius 2 is 1.96 bits per heavy atom. The molecule has 8 nitrogen and oxygen atoms in total. The van der Waals surface area contributed by atoms with E-state index >= 15 is 0 Å². The molecule has 0 radical (unpaired) electrons. The van der Waals surface area contributed by atoms with Crippen LogP contribution in [0.1, 0.15) is 11.3 Å². The molecule has 9 heteroatoms. The third-order valence-corrected chi connectivity index (χ3v) is 5.73. The number of fused-ring (bicyclic) bond motifs is 1. The van der Waals surface area contributed by atoms with Gasteiger partial charge in [0.15, 0.2) is 9.84 Å². The van der Waals surface area contributed by atoms with Crippen LogP contribution in [0.15, 0.2) is 41.4 Å². The van der Waals surface area contributed by atoms with E-state index in [0.717, 1.165) is 36.0 Å². The highest BCUT2D eigenvalue weighted by atomic mass is 32.2. The van der Waals surface area contributed by atoms with Crippen molar-refractivity contribution < 1.29 is 8.42 Å². The van der Waals surface area contributed by atoms with E-state index < -0.39 is 9.84 Å². The van der Waals surface area contributed by atoms with Crippen molar-refractivity contribution in [2.24, 2.45) is 0 Å². The van der Waals surface area contributed by atoms with Crippen molar-refractivity contribution in [1.82, 2.24) is 19.7 Å². The van der Waals surface area contributed by atoms with Crippen LogP contribution in [0.4, 0.5) is 23.3 Å². The van der Waals surface area contributed by atoms with Crippen molar-refractivity contribution >= 4 is 33.1 Å². The SMILES string of the molecule is Cc1nn2c(c1C)N(c1ccnc(Nc3cccc(S(C)(=O)=O)c3)n1)CC2. The van der Waals surface area contributed by atoms with Gasteiger partial charge in [0.05, 0.1) is 17.1 Å². The number of nitrogens with one attached hydrogen (secondary N) is 1. The molecule has 0 fully saturated rings. The molecule has 3 aromatic rings. The van der Waals surface area contributed by atoms with Crippen molar-refractivity contribution in [3.05, 3.63) is 47.8 Å². The number of nitrogens with zero attached hydrogens (tertiary/aromatic N) is 5. The first-order valence-corrected chi connectivity index (χ1v) is 10.4. The number of hydrogen-bond donors (Lipinski definition) is 1. The molecule has 27 heavy (non-hydrogen) atoms. The molecule has 1 aliphatic heterocycles. The molecule has 2 aromatic heterocycles. The Morgan fingerprint density at radius 1 is 1.15 bits per heavy atom. The lowest BCUT2D eigenvalue weighted by Gasteiger charge is -2.18. The van der Waals surface area contributed by atoms with Crippen LogP contribution < -0.4 is 10.2 Å². The summed E-state index contributed by atoms with van der Waals surface area (Å²) in [5, 5.41) is 7.64. The Bertz CT molecular complexity index is 1120. The van der Waals surface area contributed by atoms with Gasteiger partial charge in [0.1, 0.15) is 11.6 Å². The first-order valence-electron chi connectivity index (χ1n) is 8.54. The Balaban J connectivity index is 1.64. The maximum absolute atomic E-state index is 11.7. The number of sulfone groups is 1. The van der Waals surface area contributed by atoms with Crippen LogP contribution in [0.3, 0.4) is 0 Å². The molecule has 1 aromatic carbocycles. The minimum Gasteiger partial charge on any atom is -0.324 e. The molecule has 1 aliphatic rings. The normalized spacial score (nSPS) is 13.7. The minimum absolute atomic E-state index is 0.248. The lowest BCUT2D eigenvalue weighted by Crippen LogP contribution is -2.16. The summed E-state index contributed by atoms with van der Waals surface area (Å²) < 4.78 is 25.5. The molecule has 1 N–H and O–H groups in total. The monoisotopic (exact) mass is 384 g/mol. The number of anilines is 4. The third kappa shape index (κ3) is 3.25. The highest BCUT2D eigenvalue weighted by molar-refractivity contribution is 7.90. The van der Waals surface area contributed by atoms with Crippen LogP contribution in [0, 0.1) is 13.8 Å². The van der Waals surface area contributed by atoms with Crippen LogP contribution in [0.5, 0.6) is 0 Å². The van der Waals surface area contributed by atoms with Crippen molar-refractivity contribution in [3.8, 4) is 0 Å². The molecule has 0 atom stereocenters. The third-order valence-electron chi connectivity index (χ3n) is 4.62. The topological polar surface area (TPSA) is 93.0 Å². The van der Waals surface area contributed by atoms with E-state index in [1.54, 1.807) is 30.5 Å². The van der Waals surface area contributed by atoms with E-state index in [0.29, 0.717) is 11.6 Å². The molecule has 0 spiro atoms. The van der Waals surface area contributed by atoms with Crippen LogP contribution in [0.25, 0.3) is 0 Å². The van der Waals surface area contributed by atoms with Gasteiger partial charge in [-0.3, -0.25) is 0 Å². The summed E-state index contributed by atoms with van der Waals surface area (Å²) in [5.74, 6) is 2.23. The largest absolute Gasteiger partial charge is 0.324 e. The standard InChI is InChI=1S/C18H20N6O2S/c1-12-13(2)22-24-10-9-23(17(12)24)16-7-8-19-18(21-16)20-14-5-4-6-15(11-14)27(3,25)26/h4-8,11H,9-10H2,1-3H3,(H,19,20,21). The van der Waals surface area contributed by atoms with E-state index in [-0.39, 0.29) is 4.90 Å². The first-order chi connectivity index (χ1) is 12.8. The second-order valence-corrected chi connectivity index (χ2v) is 8.59. The summed E-state index contributed by atoms with van der Waals surface area (Å²) in [6.45, 7) is 5.67. The second-order valence-electron chi connectivity index (χ2n) is 6.57. The first kappa shape index (κ1) is 17.5. The molecule has 0 aliphatic carbocycles. The van der Waals surface area contributed by atoms with Gasteiger partial charge < -0.3 is 10.2 Å². The average Bonchev–Trinajstić information content (AvgIpc) is 3.15. The van der Waals surface area contributed by atoms with E-state index in [9.17, 15) is 8.42 Å². The fraction of sp³-hybridized carbons (Fsp3) is 0.278. The molecule has 0 amide bonds. The average molecular weight is 384 g/mol. The summed E-state index contributed by atoms with van der Waals surface area (Å²) in [6.07, 6.45) is 2.87. The zero-order valence-corrected chi connectivity index (χ0v) is 16.2. The van der Waals surface area contributed by atoms with Gasteiger partial charge in [0.25, 0.3) is 0 Å². The van der Waals surface area contributed by atoms with Gasteiger partial charge in [-0.05, 0) is 38.1 Å². The summed E-state index contributed by atoms with van der Waals surface area (Å²) in [6, 6.07) is 8.46. The lowest BCUT2D eigenvalue weighted by atomic mass is 10.2. The fourth-order valence-corrected chi connectivity index (χ4v) is 3.84. The Hall–Kier alpha value is -2.94. The van der Waals surface area contributed by atoms with Crippen LogP contribution in [-0.4, -0.2) is 41.0 Å². The molecule has 4 rings (SSSR count). The number of benzene rings is 1. The fourth-order valence-electron chi connectivity index (χ4n) is 3.17. The summed E-state index contributed by atoms with van der Waals surface area (Å²) >= 11 is 0. The Morgan fingerprint density at radius 3 is 2.74 bits per heavy atom. The predicted molar refractivity (Wildman–Crippen MR) is 104 cm³/mol.